The predicted molar refractivity (Wildman–Crippen MR) is 140 cm³/mol. The molecule has 1 N–H and O–H groups in total. The minimum Gasteiger partial charge on any atom is -0.497 e. The topological polar surface area (TPSA) is 89.1 Å². The molecule has 190 valence electrons. The van der Waals surface area contributed by atoms with Crippen LogP contribution < -0.4 is 24.4 Å². The molecular weight excluding hydrogens is 458 g/mol. The fraction of sp³-hybridized carbons (Fsp3) is 0.370. The third-order valence-electron chi connectivity index (χ3n) is 6.36. The summed E-state index contributed by atoms with van der Waals surface area (Å²) in [6.45, 7) is 6.46. The lowest BCUT2D eigenvalue weighted by molar-refractivity contribution is 0.208. The maximum atomic E-state index is 13.0. The molecule has 0 spiro atoms. The van der Waals surface area contributed by atoms with Crippen LogP contribution in [-0.2, 0) is 6.42 Å². The number of amides is 2. The Labute approximate surface area is 212 Å². The summed E-state index contributed by atoms with van der Waals surface area (Å²) in [6.07, 6.45) is 0.726. The van der Waals surface area contributed by atoms with Crippen LogP contribution in [0.25, 0.3) is 0 Å². The lowest BCUT2D eigenvalue weighted by Gasteiger charge is -2.36. The van der Waals surface area contributed by atoms with Crippen molar-refractivity contribution in [2.45, 2.75) is 20.3 Å². The summed E-state index contributed by atoms with van der Waals surface area (Å²) in [5.74, 6) is 3.73. The lowest BCUT2D eigenvalue weighted by Crippen LogP contribution is -2.50. The fourth-order valence-electron chi connectivity index (χ4n) is 4.35. The average Bonchev–Trinajstić information content (AvgIpc) is 2.90. The molecule has 1 saturated heterocycles. The lowest BCUT2D eigenvalue weighted by atomic mass is 10.0. The number of nitrogens with one attached hydrogen (secondary N) is 1. The summed E-state index contributed by atoms with van der Waals surface area (Å²) in [6, 6.07) is 13.2. The highest BCUT2D eigenvalue weighted by atomic mass is 16.5. The second kappa shape index (κ2) is 11.2. The van der Waals surface area contributed by atoms with Crippen molar-refractivity contribution in [1.82, 2.24) is 14.9 Å². The van der Waals surface area contributed by atoms with Crippen LogP contribution in [0.3, 0.4) is 0 Å². The van der Waals surface area contributed by atoms with Gasteiger partial charge in [0.2, 0.25) is 0 Å². The molecule has 1 aliphatic rings. The molecule has 9 nitrogen and oxygen atoms in total. The molecule has 2 heterocycles. The number of urea groups is 1. The zero-order valence-electron chi connectivity index (χ0n) is 21.5. The van der Waals surface area contributed by atoms with E-state index in [0.29, 0.717) is 43.4 Å². The monoisotopic (exact) mass is 491 g/mol. The van der Waals surface area contributed by atoms with Gasteiger partial charge in [-0.05, 0) is 43.7 Å². The third-order valence-corrected chi connectivity index (χ3v) is 6.36. The molecule has 36 heavy (non-hydrogen) atoms. The Kier molecular flexibility index (Phi) is 7.77. The first-order valence-electron chi connectivity index (χ1n) is 11.9. The zero-order chi connectivity index (χ0) is 25.7. The van der Waals surface area contributed by atoms with Gasteiger partial charge in [-0.2, -0.15) is 0 Å². The SMILES string of the molecule is COc1ccc(Cc2c(C)nc(C)nc2N2CCN(C(=O)Nc3ccc(OC)cc3OC)CC2)cc1. The molecule has 0 radical (unpaired) electrons. The van der Waals surface area contributed by atoms with Crippen LogP contribution in [0.2, 0.25) is 0 Å². The summed E-state index contributed by atoms with van der Waals surface area (Å²) < 4.78 is 15.9. The summed E-state index contributed by atoms with van der Waals surface area (Å²) in [7, 11) is 4.83. The zero-order valence-corrected chi connectivity index (χ0v) is 21.5. The normalized spacial score (nSPS) is 13.4. The second-order valence-corrected chi connectivity index (χ2v) is 8.65. The molecule has 1 aliphatic heterocycles. The molecule has 0 saturated carbocycles. The Bertz CT molecular complexity index is 1210. The van der Waals surface area contributed by atoms with E-state index >= 15 is 0 Å². The number of rotatable bonds is 7. The van der Waals surface area contributed by atoms with Gasteiger partial charge in [0.1, 0.15) is 28.9 Å². The molecule has 0 bridgehead atoms. The van der Waals surface area contributed by atoms with E-state index in [2.05, 4.69) is 27.3 Å². The van der Waals surface area contributed by atoms with Gasteiger partial charge in [-0.1, -0.05) is 12.1 Å². The molecule has 2 amide bonds. The molecule has 4 rings (SSSR count). The van der Waals surface area contributed by atoms with Gasteiger partial charge in [0, 0.05) is 49.9 Å². The number of piperazine rings is 1. The van der Waals surface area contributed by atoms with Crippen molar-refractivity contribution in [2.75, 3.05) is 57.7 Å². The van der Waals surface area contributed by atoms with Gasteiger partial charge in [-0.3, -0.25) is 0 Å². The number of carbonyl (C=O) groups is 1. The van der Waals surface area contributed by atoms with Crippen molar-refractivity contribution < 1.29 is 19.0 Å². The second-order valence-electron chi connectivity index (χ2n) is 8.65. The standard InChI is InChI=1S/C27H33N5O4/c1-18-23(16-20-6-8-21(34-3)9-7-20)26(29-19(2)28-18)31-12-14-32(15-13-31)27(33)30-24-11-10-22(35-4)17-25(24)36-5/h6-11,17H,12-16H2,1-5H3,(H,30,33). The first-order chi connectivity index (χ1) is 17.4. The first kappa shape index (κ1) is 25.1. The number of nitrogens with zero attached hydrogens (tertiary/aromatic N) is 4. The number of anilines is 2. The minimum absolute atomic E-state index is 0.161. The Balaban J connectivity index is 1.45. The Morgan fingerprint density at radius 2 is 1.56 bits per heavy atom. The highest BCUT2D eigenvalue weighted by Crippen LogP contribution is 2.30. The number of aryl methyl sites for hydroxylation is 2. The Morgan fingerprint density at radius 3 is 2.19 bits per heavy atom. The molecule has 3 aromatic rings. The predicted octanol–water partition coefficient (Wildman–Crippen LogP) is 4.06. The van der Waals surface area contributed by atoms with Gasteiger partial charge in [-0.15, -0.1) is 0 Å². The van der Waals surface area contributed by atoms with Gasteiger partial charge in [0.15, 0.2) is 0 Å². The minimum atomic E-state index is -0.161. The van der Waals surface area contributed by atoms with Crippen LogP contribution in [0.5, 0.6) is 17.2 Å². The van der Waals surface area contributed by atoms with Crippen LogP contribution >= 0.6 is 0 Å². The number of ether oxygens (including phenoxy) is 3. The van der Waals surface area contributed by atoms with Crippen molar-refractivity contribution >= 4 is 17.5 Å². The van der Waals surface area contributed by atoms with E-state index in [9.17, 15) is 4.79 Å². The number of aromatic nitrogens is 2. The smallest absolute Gasteiger partial charge is 0.322 e. The number of carbonyl (C=O) groups excluding carboxylic acids is 1. The average molecular weight is 492 g/mol. The number of methoxy groups -OCH3 is 3. The van der Waals surface area contributed by atoms with Gasteiger partial charge in [0.25, 0.3) is 0 Å². The van der Waals surface area contributed by atoms with Gasteiger partial charge < -0.3 is 29.3 Å². The Hall–Kier alpha value is -4.01. The molecule has 0 aliphatic carbocycles. The summed E-state index contributed by atoms with van der Waals surface area (Å²) in [5, 5.41) is 2.96. The van der Waals surface area contributed by atoms with Crippen LogP contribution in [0.1, 0.15) is 22.6 Å². The van der Waals surface area contributed by atoms with E-state index in [4.69, 9.17) is 19.2 Å². The Morgan fingerprint density at radius 1 is 0.889 bits per heavy atom. The maximum absolute atomic E-state index is 13.0. The molecule has 2 aromatic carbocycles. The van der Waals surface area contributed by atoms with E-state index in [1.165, 1.54) is 5.56 Å². The third kappa shape index (κ3) is 5.62. The van der Waals surface area contributed by atoms with Crippen molar-refractivity contribution in [3.05, 3.63) is 65.1 Å². The van der Waals surface area contributed by atoms with Gasteiger partial charge in [0.05, 0.1) is 27.0 Å². The van der Waals surface area contributed by atoms with Crippen molar-refractivity contribution in [3.63, 3.8) is 0 Å². The summed E-state index contributed by atoms with van der Waals surface area (Å²) in [4.78, 5) is 26.5. The van der Waals surface area contributed by atoms with Gasteiger partial charge >= 0.3 is 6.03 Å². The van der Waals surface area contributed by atoms with E-state index in [1.807, 2.05) is 30.9 Å². The first-order valence-corrected chi connectivity index (χ1v) is 11.9. The number of benzene rings is 2. The van der Waals surface area contributed by atoms with E-state index in [1.54, 1.807) is 39.5 Å². The molecule has 0 unspecified atom stereocenters. The number of hydrogen-bond acceptors (Lipinski definition) is 7. The molecule has 1 fully saturated rings. The molecular formula is C27H33N5O4. The molecule has 0 atom stereocenters. The van der Waals surface area contributed by atoms with E-state index in [-0.39, 0.29) is 6.03 Å². The van der Waals surface area contributed by atoms with Crippen molar-refractivity contribution in [3.8, 4) is 17.2 Å². The van der Waals surface area contributed by atoms with Crippen LogP contribution in [0.15, 0.2) is 42.5 Å². The van der Waals surface area contributed by atoms with Crippen LogP contribution in [-0.4, -0.2) is 68.4 Å². The fourth-order valence-corrected chi connectivity index (χ4v) is 4.35. The molecule has 9 heteroatoms. The molecule has 1 aromatic heterocycles. The van der Waals surface area contributed by atoms with Crippen LogP contribution in [0, 0.1) is 13.8 Å². The van der Waals surface area contributed by atoms with Crippen LogP contribution in [0.4, 0.5) is 16.3 Å². The number of hydrogen-bond donors (Lipinski definition) is 1. The highest BCUT2D eigenvalue weighted by molar-refractivity contribution is 5.91. The summed E-state index contributed by atoms with van der Waals surface area (Å²) >= 11 is 0. The van der Waals surface area contributed by atoms with Crippen molar-refractivity contribution in [2.24, 2.45) is 0 Å². The van der Waals surface area contributed by atoms with E-state index in [0.717, 1.165) is 35.1 Å². The summed E-state index contributed by atoms with van der Waals surface area (Å²) in [5.41, 5.74) is 3.85. The van der Waals surface area contributed by atoms with E-state index < -0.39 is 0 Å². The maximum Gasteiger partial charge on any atom is 0.322 e. The quantitative estimate of drug-likeness (QED) is 0.533. The van der Waals surface area contributed by atoms with Crippen molar-refractivity contribution in [1.29, 1.82) is 0 Å². The van der Waals surface area contributed by atoms with Gasteiger partial charge in [-0.25, -0.2) is 14.8 Å². The highest BCUT2D eigenvalue weighted by Gasteiger charge is 2.25. The largest absolute Gasteiger partial charge is 0.497 e.